The third-order valence-electron chi connectivity index (χ3n) is 3.64. The molecule has 1 aliphatic heterocycles. The minimum atomic E-state index is 0.220. The lowest BCUT2D eigenvalue weighted by Crippen LogP contribution is -2.36. The van der Waals surface area contributed by atoms with E-state index >= 15 is 0 Å². The molecule has 0 aliphatic carbocycles. The van der Waals surface area contributed by atoms with Crippen LogP contribution in [0.25, 0.3) is 0 Å². The first kappa shape index (κ1) is 13.4. The highest BCUT2D eigenvalue weighted by Gasteiger charge is 2.20. The average molecular weight is 247 g/mol. The molecule has 1 aromatic carbocycles. The molecule has 0 aromatic heterocycles. The summed E-state index contributed by atoms with van der Waals surface area (Å²) in [6, 6.07) is 4.66. The van der Waals surface area contributed by atoms with Gasteiger partial charge >= 0.3 is 0 Å². The van der Waals surface area contributed by atoms with Crippen molar-refractivity contribution >= 4 is 5.69 Å². The van der Waals surface area contributed by atoms with Crippen molar-refractivity contribution in [1.82, 2.24) is 0 Å². The molecule has 0 saturated carbocycles. The molecule has 18 heavy (non-hydrogen) atoms. The molecule has 2 rings (SSSR count). The molecule has 1 saturated heterocycles. The van der Waals surface area contributed by atoms with Crippen molar-refractivity contribution in [1.29, 1.82) is 0 Å². The van der Waals surface area contributed by atoms with Crippen molar-refractivity contribution in [2.75, 3.05) is 31.2 Å². The topological polar surface area (TPSA) is 12.5 Å². The van der Waals surface area contributed by atoms with Crippen LogP contribution in [-0.2, 0) is 10.2 Å². The van der Waals surface area contributed by atoms with Crippen LogP contribution >= 0.6 is 0 Å². The van der Waals surface area contributed by atoms with E-state index < -0.39 is 0 Å². The molecule has 0 unspecified atom stereocenters. The van der Waals surface area contributed by atoms with Crippen LogP contribution in [0.15, 0.2) is 12.1 Å². The molecule has 0 bridgehead atoms. The van der Waals surface area contributed by atoms with Crippen molar-refractivity contribution < 1.29 is 4.74 Å². The third kappa shape index (κ3) is 2.69. The lowest BCUT2D eigenvalue weighted by molar-refractivity contribution is 0.122. The number of ether oxygens (including phenoxy) is 1. The molecule has 1 aromatic rings. The number of aryl methyl sites for hydroxylation is 2. The standard InChI is InChI=1S/C16H25NO/c1-12-10-14(17-6-8-18-9-7-17)11-13(2)15(12)16(3,4)5/h10-11H,6-9H2,1-5H3. The molecular formula is C16H25NO. The predicted octanol–water partition coefficient (Wildman–Crippen LogP) is 3.44. The number of anilines is 1. The summed E-state index contributed by atoms with van der Waals surface area (Å²) in [5.74, 6) is 0. The maximum absolute atomic E-state index is 5.42. The van der Waals surface area contributed by atoms with E-state index in [2.05, 4.69) is 51.7 Å². The summed E-state index contributed by atoms with van der Waals surface area (Å²) in [6.45, 7) is 15.0. The van der Waals surface area contributed by atoms with Gasteiger partial charge in [-0.05, 0) is 48.1 Å². The first-order chi connectivity index (χ1) is 8.39. The molecule has 1 heterocycles. The van der Waals surface area contributed by atoms with E-state index in [9.17, 15) is 0 Å². The Morgan fingerprint density at radius 2 is 1.50 bits per heavy atom. The number of rotatable bonds is 1. The second-order valence-corrected chi connectivity index (χ2v) is 6.30. The molecular weight excluding hydrogens is 222 g/mol. The zero-order valence-electron chi connectivity index (χ0n) is 12.3. The largest absolute Gasteiger partial charge is 0.378 e. The average Bonchev–Trinajstić information content (AvgIpc) is 2.27. The minimum absolute atomic E-state index is 0.220. The number of nitrogens with zero attached hydrogens (tertiary/aromatic N) is 1. The molecule has 1 aliphatic rings. The molecule has 0 atom stereocenters. The van der Waals surface area contributed by atoms with Crippen molar-refractivity contribution in [3.05, 3.63) is 28.8 Å². The molecule has 2 nitrogen and oxygen atoms in total. The quantitative estimate of drug-likeness (QED) is 0.754. The predicted molar refractivity (Wildman–Crippen MR) is 77.6 cm³/mol. The van der Waals surface area contributed by atoms with Gasteiger partial charge in [0.15, 0.2) is 0 Å². The zero-order valence-corrected chi connectivity index (χ0v) is 12.3. The fraction of sp³-hybridized carbons (Fsp3) is 0.625. The normalized spacial score (nSPS) is 17.1. The highest BCUT2D eigenvalue weighted by molar-refractivity contribution is 5.55. The van der Waals surface area contributed by atoms with Crippen LogP contribution in [0, 0.1) is 13.8 Å². The van der Waals surface area contributed by atoms with Gasteiger partial charge < -0.3 is 9.64 Å². The van der Waals surface area contributed by atoms with Crippen LogP contribution in [0.2, 0.25) is 0 Å². The van der Waals surface area contributed by atoms with Gasteiger partial charge in [0.25, 0.3) is 0 Å². The first-order valence-corrected chi connectivity index (χ1v) is 6.84. The van der Waals surface area contributed by atoms with Gasteiger partial charge in [-0.1, -0.05) is 20.8 Å². The van der Waals surface area contributed by atoms with Gasteiger partial charge in [0, 0.05) is 18.8 Å². The Morgan fingerprint density at radius 3 is 1.94 bits per heavy atom. The SMILES string of the molecule is Cc1cc(N2CCOCC2)cc(C)c1C(C)(C)C. The summed E-state index contributed by atoms with van der Waals surface area (Å²) in [7, 11) is 0. The highest BCUT2D eigenvalue weighted by atomic mass is 16.5. The first-order valence-electron chi connectivity index (χ1n) is 6.84. The van der Waals surface area contributed by atoms with Crippen LogP contribution in [0.4, 0.5) is 5.69 Å². The van der Waals surface area contributed by atoms with E-state index in [4.69, 9.17) is 4.74 Å². The second-order valence-electron chi connectivity index (χ2n) is 6.30. The Balaban J connectivity index is 2.36. The lowest BCUT2D eigenvalue weighted by atomic mass is 9.81. The Bertz CT molecular complexity index is 402. The summed E-state index contributed by atoms with van der Waals surface area (Å²) in [5.41, 5.74) is 5.87. The van der Waals surface area contributed by atoms with E-state index in [1.54, 1.807) is 0 Å². The Morgan fingerprint density at radius 1 is 1.00 bits per heavy atom. The van der Waals surface area contributed by atoms with Crippen LogP contribution in [0.5, 0.6) is 0 Å². The van der Waals surface area contributed by atoms with Gasteiger partial charge in [0.05, 0.1) is 13.2 Å². The van der Waals surface area contributed by atoms with E-state index in [0.29, 0.717) is 0 Å². The summed E-state index contributed by atoms with van der Waals surface area (Å²) in [4.78, 5) is 2.43. The van der Waals surface area contributed by atoms with Gasteiger partial charge in [-0.2, -0.15) is 0 Å². The zero-order chi connectivity index (χ0) is 13.3. The van der Waals surface area contributed by atoms with E-state index in [-0.39, 0.29) is 5.41 Å². The van der Waals surface area contributed by atoms with Gasteiger partial charge in [-0.3, -0.25) is 0 Å². The van der Waals surface area contributed by atoms with Crippen molar-refractivity contribution in [3.8, 4) is 0 Å². The summed E-state index contributed by atoms with van der Waals surface area (Å²) in [6.07, 6.45) is 0. The van der Waals surface area contributed by atoms with Crippen LogP contribution in [-0.4, -0.2) is 26.3 Å². The maximum atomic E-state index is 5.42. The molecule has 1 fully saturated rings. The molecule has 0 radical (unpaired) electrons. The third-order valence-corrected chi connectivity index (χ3v) is 3.64. The molecule has 0 spiro atoms. The highest BCUT2D eigenvalue weighted by Crippen LogP contribution is 2.32. The number of hydrogen-bond donors (Lipinski definition) is 0. The van der Waals surface area contributed by atoms with Gasteiger partial charge in [0.1, 0.15) is 0 Å². The van der Waals surface area contributed by atoms with E-state index in [1.807, 2.05) is 0 Å². The Labute approximate surface area is 111 Å². The lowest BCUT2D eigenvalue weighted by Gasteiger charge is -2.31. The Hall–Kier alpha value is -1.02. The Kier molecular flexibility index (Phi) is 3.67. The fourth-order valence-electron chi connectivity index (χ4n) is 3.13. The minimum Gasteiger partial charge on any atom is -0.378 e. The summed E-state index contributed by atoms with van der Waals surface area (Å²) in [5, 5.41) is 0. The molecule has 0 N–H and O–H groups in total. The maximum Gasteiger partial charge on any atom is 0.0642 e. The van der Waals surface area contributed by atoms with Gasteiger partial charge in [-0.25, -0.2) is 0 Å². The number of benzene rings is 1. The van der Waals surface area contributed by atoms with Crippen molar-refractivity contribution in [2.24, 2.45) is 0 Å². The summed E-state index contributed by atoms with van der Waals surface area (Å²) >= 11 is 0. The van der Waals surface area contributed by atoms with Crippen LogP contribution in [0.1, 0.15) is 37.5 Å². The van der Waals surface area contributed by atoms with Crippen LogP contribution in [0.3, 0.4) is 0 Å². The van der Waals surface area contributed by atoms with E-state index in [0.717, 1.165) is 26.3 Å². The van der Waals surface area contributed by atoms with Crippen molar-refractivity contribution in [3.63, 3.8) is 0 Å². The van der Waals surface area contributed by atoms with Crippen LogP contribution < -0.4 is 4.90 Å². The van der Waals surface area contributed by atoms with Crippen molar-refractivity contribution in [2.45, 2.75) is 40.0 Å². The van der Waals surface area contributed by atoms with Gasteiger partial charge in [-0.15, -0.1) is 0 Å². The summed E-state index contributed by atoms with van der Waals surface area (Å²) < 4.78 is 5.42. The number of morpholine rings is 1. The second kappa shape index (κ2) is 4.93. The smallest absolute Gasteiger partial charge is 0.0642 e. The van der Waals surface area contributed by atoms with E-state index in [1.165, 1.54) is 22.4 Å². The molecule has 100 valence electrons. The monoisotopic (exact) mass is 247 g/mol. The molecule has 2 heteroatoms. The fourth-order valence-corrected chi connectivity index (χ4v) is 3.13. The molecule has 0 amide bonds. The number of hydrogen-bond acceptors (Lipinski definition) is 2. The van der Waals surface area contributed by atoms with Gasteiger partial charge in [0.2, 0.25) is 0 Å².